The molecule has 24 heavy (non-hydrogen) atoms. The van der Waals surface area contributed by atoms with Crippen LogP contribution in [0.5, 0.6) is 5.75 Å². The number of carbonyl (C=O) groups excluding carboxylic acids is 2. The lowest BCUT2D eigenvalue weighted by molar-refractivity contribution is -0.117. The molecule has 0 atom stereocenters. The third-order valence-electron chi connectivity index (χ3n) is 3.43. The molecule has 6 heteroatoms. The molecule has 2 aromatic carbocycles. The van der Waals surface area contributed by atoms with Crippen LogP contribution in [0.2, 0.25) is 0 Å². The molecule has 0 heterocycles. The number of halogens is 1. The number of amides is 2. The summed E-state index contributed by atoms with van der Waals surface area (Å²) in [4.78, 5) is 25.6. The molecule has 0 aliphatic carbocycles. The number of anilines is 2. The van der Waals surface area contributed by atoms with Crippen LogP contribution in [-0.2, 0) is 9.59 Å². The zero-order chi connectivity index (χ0) is 17.5. The lowest BCUT2D eigenvalue weighted by Gasteiger charge is -2.23. The van der Waals surface area contributed by atoms with Crippen LogP contribution >= 0.6 is 15.9 Å². The van der Waals surface area contributed by atoms with Crippen LogP contribution in [-0.4, -0.2) is 25.5 Å². The van der Waals surface area contributed by atoms with Gasteiger partial charge in [-0.05, 0) is 30.3 Å². The van der Waals surface area contributed by atoms with Crippen molar-refractivity contribution in [1.29, 1.82) is 0 Å². The molecular weight excluding hydrogens is 372 g/mol. The van der Waals surface area contributed by atoms with E-state index >= 15 is 0 Å². The summed E-state index contributed by atoms with van der Waals surface area (Å²) in [6.07, 6.45) is 0.185. The minimum absolute atomic E-state index is 0.144. The van der Waals surface area contributed by atoms with Gasteiger partial charge in [0.05, 0.1) is 12.8 Å². The van der Waals surface area contributed by atoms with Crippen LogP contribution in [0.15, 0.2) is 53.0 Å². The molecule has 2 amide bonds. The second-order valence-corrected chi connectivity index (χ2v) is 6.07. The quantitative estimate of drug-likeness (QED) is 0.814. The Labute approximate surface area is 149 Å². The highest BCUT2D eigenvalue weighted by atomic mass is 79.9. The minimum Gasteiger partial charge on any atom is -0.495 e. The highest BCUT2D eigenvalue weighted by molar-refractivity contribution is 9.10. The molecule has 0 spiro atoms. The standard InChI is InChI=1S/C18H19BrN2O3/c1-13(22)21(16-8-3-4-9-17(16)24-2)11-10-18(23)20-15-7-5-6-14(19)12-15/h3-9,12H,10-11H2,1-2H3,(H,20,23). The van der Waals surface area contributed by atoms with E-state index in [0.29, 0.717) is 17.1 Å². The van der Waals surface area contributed by atoms with Gasteiger partial charge in [-0.1, -0.05) is 34.1 Å². The highest BCUT2D eigenvalue weighted by Crippen LogP contribution is 2.28. The number of methoxy groups -OCH3 is 1. The third-order valence-corrected chi connectivity index (χ3v) is 3.92. The summed E-state index contributed by atoms with van der Waals surface area (Å²) in [6.45, 7) is 1.74. The van der Waals surface area contributed by atoms with Crippen LogP contribution in [0, 0.1) is 0 Å². The van der Waals surface area contributed by atoms with Crippen molar-refractivity contribution in [2.45, 2.75) is 13.3 Å². The van der Waals surface area contributed by atoms with Gasteiger partial charge >= 0.3 is 0 Å². The van der Waals surface area contributed by atoms with Gasteiger partial charge in [-0.3, -0.25) is 9.59 Å². The van der Waals surface area contributed by atoms with Gasteiger partial charge in [-0.15, -0.1) is 0 Å². The van der Waals surface area contributed by atoms with Gasteiger partial charge in [0, 0.05) is 30.0 Å². The van der Waals surface area contributed by atoms with Crippen LogP contribution < -0.4 is 15.0 Å². The van der Waals surface area contributed by atoms with Gasteiger partial charge in [-0.2, -0.15) is 0 Å². The number of para-hydroxylation sites is 2. The first-order chi connectivity index (χ1) is 11.5. The largest absolute Gasteiger partial charge is 0.495 e. The third kappa shape index (κ3) is 4.83. The Hall–Kier alpha value is -2.34. The molecule has 0 bridgehead atoms. The van der Waals surface area contributed by atoms with E-state index in [0.717, 1.165) is 4.47 Å². The van der Waals surface area contributed by atoms with E-state index in [1.165, 1.54) is 6.92 Å². The summed E-state index contributed by atoms with van der Waals surface area (Å²) < 4.78 is 6.18. The van der Waals surface area contributed by atoms with Crippen LogP contribution in [0.25, 0.3) is 0 Å². The number of hydrogen-bond donors (Lipinski definition) is 1. The topological polar surface area (TPSA) is 58.6 Å². The number of carbonyl (C=O) groups is 2. The van der Waals surface area contributed by atoms with Crippen molar-refractivity contribution < 1.29 is 14.3 Å². The fraction of sp³-hybridized carbons (Fsp3) is 0.222. The van der Waals surface area contributed by atoms with Crippen molar-refractivity contribution in [3.8, 4) is 5.75 Å². The zero-order valence-corrected chi connectivity index (χ0v) is 15.2. The first-order valence-corrected chi connectivity index (χ1v) is 8.27. The molecule has 0 fully saturated rings. The van der Waals surface area contributed by atoms with Crippen LogP contribution in [0.3, 0.4) is 0 Å². The second-order valence-electron chi connectivity index (χ2n) is 5.15. The summed E-state index contributed by atoms with van der Waals surface area (Å²) in [5, 5.41) is 2.82. The molecule has 1 N–H and O–H groups in total. The van der Waals surface area contributed by atoms with Gasteiger partial charge in [0.2, 0.25) is 11.8 Å². The van der Waals surface area contributed by atoms with E-state index in [-0.39, 0.29) is 24.8 Å². The number of benzene rings is 2. The van der Waals surface area contributed by atoms with Crippen LogP contribution in [0.1, 0.15) is 13.3 Å². The van der Waals surface area contributed by atoms with Gasteiger partial charge < -0.3 is 15.0 Å². The maximum absolute atomic E-state index is 12.1. The summed E-state index contributed by atoms with van der Waals surface area (Å²) in [7, 11) is 1.55. The Bertz CT molecular complexity index is 734. The number of rotatable bonds is 6. The fourth-order valence-corrected chi connectivity index (χ4v) is 2.70. The molecule has 0 unspecified atom stereocenters. The minimum atomic E-state index is -0.158. The Morgan fingerprint density at radius 1 is 1.17 bits per heavy atom. The predicted octanol–water partition coefficient (Wildman–Crippen LogP) is 3.84. The predicted molar refractivity (Wildman–Crippen MR) is 98.4 cm³/mol. The Kier molecular flexibility index (Phi) is 6.37. The maximum atomic E-state index is 12.1. The monoisotopic (exact) mass is 390 g/mol. The van der Waals surface area contributed by atoms with E-state index in [4.69, 9.17) is 4.74 Å². The van der Waals surface area contributed by atoms with Gasteiger partial charge in [0.1, 0.15) is 5.75 Å². The first kappa shape index (κ1) is 18.0. The normalized spacial score (nSPS) is 10.1. The van der Waals surface area contributed by atoms with Gasteiger partial charge in [-0.25, -0.2) is 0 Å². The number of ether oxygens (including phenoxy) is 1. The summed E-state index contributed by atoms with van der Waals surface area (Å²) in [5.41, 5.74) is 1.36. The molecule has 2 rings (SSSR count). The van der Waals surface area contributed by atoms with Crippen molar-refractivity contribution >= 4 is 39.1 Å². The van der Waals surface area contributed by atoms with Gasteiger partial charge in [0.15, 0.2) is 0 Å². The summed E-state index contributed by atoms with van der Waals surface area (Å²) >= 11 is 3.36. The lowest BCUT2D eigenvalue weighted by Crippen LogP contribution is -2.32. The molecule has 5 nitrogen and oxygen atoms in total. The molecular formula is C18H19BrN2O3. The first-order valence-electron chi connectivity index (χ1n) is 7.48. The van der Waals surface area contributed by atoms with E-state index in [1.54, 1.807) is 24.1 Å². The van der Waals surface area contributed by atoms with E-state index in [1.807, 2.05) is 36.4 Å². The number of nitrogens with one attached hydrogen (secondary N) is 1. The summed E-state index contributed by atoms with van der Waals surface area (Å²) in [6, 6.07) is 14.6. The molecule has 0 aliphatic rings. The van der Waals surface area contributed by atoms with E-state index in [2.05, 4.69) is 21.2 Å². The zero-order valence-electron chi connectivity index (χ0n) is 13.6. The smallest absolute Gasteiger partial charge is 0.226 e. The summed E-state index contributed by atoms with van der Waals surface area (Å²) in [5.74, 6) is 0.295. The lowest BCUT2D eigenvalue weighted by atomic mass is 10.2. The van der Waals surface area contributed by atoms with E-state index in [9.17, 15) is 9.59 Å². The Balaban J connectivity index is 2.04. The molecule has 0 radical (unpaired) electrons. The maximum Gasteiger partial charge on any atom is 0.226 e. The highest BCUT2D eigenvalue weighted by Gasteiger charge is 2.17. The molecule has 0 saturated carbocycles. The van der Waals surface area contributed by atoms with Crippen LogP contribution in [0.4, 0.5) is 11.4 Å². The fourth-order valence-electron chi connectivity index (χ4n) is 2.30. The van der Waals surface area contributed by atoms with Gasteiger partial charge in [0.25, 0.3) is 0 Å². The molecule has 0 saturated heterocycles. The molecule has 126 valence electrons. The van der Waals surface area contributed by atoms with E-state index < -0.39 is 0 Å². The Morgan fingerprint density at radius 3 is 2.58 bits per heavy atom. The number of hydrogen-bond acceptors (Lipinski definition) is 3. The molecule has 2 aromatic rings. The number of nitrogens with zero attached hydrogens (tertiary/aromatic N) is 1. The van der Waals surface area contributed by atoms with Crippen molar-refractivity contribution in [3.05, 3.63) is 53.0 Å². The average Bonchev–Trinajstić information content (AvgIpc) is 2.55. The molecule has 0 aliphatic heterocycles. The van der Waals surface area contributed by atoms with Crippen molar-refractivity contribution in [3.63, 3.8) is 0 Å². The van der Waals surface area contributed by atoms with Crippen molar-refractivity contribution in [2.24, 2.45) is 0 Å². The SMILES string of the molecule is COc1ccccc1N(CCC(=O)Nc1cccc(Br)c1)C(C)=O. The Morgan fingerprint density at radius 2 is 1.92 bits per heavy atom. The molecule has 0 aromatic heterocycles. The van der Waals surface area contributed by atoms with Crippen molar-refractivity contribution in [1.82, 2.24) is 0 Å². The van der Waals surface area contributed by atoms with Crippen molar-refractivity contribution in [2.75, 3.05) is 23.9 Å². The second kappa shape index (κ2) is 8.49. The average molecular weight is 391 g/mol.